The Bertz CT molecular complexity index is 786. The first-order chi connectivity index (χ1) is 10.8. The number of carboxylic acids is 1. The smallest absolute Gasteiger partial charge is 0.310 e. The topological polar surface area (TPSA) is 136 Å². The Balaban J connectivity index is 1.77. The lowest BCUT2D eigenvalue weighted by molar-refractivity contribution is -0.145. The summed E-state index contributed by atoms with van der Waals surface area (Å²) in [4.78, 5) is 23.6. The molecule has 0 spiro atoms. The number of sulfonamides is 1. The van der Waals surface area contributed by atoms with Crippen LogP contribution in [0.15, 0.2) is 41.3 Å². The highest BCUT2D eigenvalue weighted by atomic mass is 32.2. The quantitative estimate of drug-likeness (QED) is 0.657. The van der Waals surface area contributed by atoms with E-state index in [-0.39, 0.29) is 4.90 Å². The van der Waals surface area contributed by atoms with E-state index in [2.05, 4.69) is 5.32 Å². The zero-order chi connectivity index (χ0) is 16.8. The molecular weight excluding hydrogens is 324 g/mol. The lowest BCUT2D eigenvalue weighted by Gasteiger charge is -2.21. The summed E-state index contributed by atoms with van der Waals surface area (Å²) in [6.07, 6.45) is 2.16. The normalized spacial score (nSPS) is 28.7. The summed E-state index contributed by atoms with van der Waals surface area (Å²) in [7, 11) is -3.81. The molecule has 0 radical (unpaired) electrons. The minimum atomic E-state index is -3.81. The van der Waals surface area contributed by atoms with Crippen molar-refractivity contribution in [2.45, 2.75) is 17.1 Å². The molecule has 9 heteroatoms. The van der Waals surface area contributed by atoms with E-state index in [0.29, 0.717) is 5.69 Å². The number of amides is 1. The fourth-order valence-corrected chi connectivity index (χ4v) is 3.38. The molecule has 2 aliphatic rings. The molecule has 0 saturated carbocycles. The lowest BCUT2D eigenvalue weighted by atomic mass is 9.82. The van der Waals surface area contributed by atoms with Crippen LogP contribution in [0.2, 0.25) is 0 Å². The van der Waals surface area contributed by atoms with Crippen molar-refractivity contribution >= 4 is 27.6 Å². The van der Waals surface area contributed by atoms with Gasteiger partial charge in [0.25, 0.3) is 0 Å². The molecule has 2 bridgehead atoms. The molecule has 8 nitrogen and oxygen atoms in total. The van der Waals surface area contributed by atoms with Crippen molar-refractivity contribution < 1.29 is 27.9 Å². The van der Waals surface area contributed by atoms with E-state index in [0.717, 1.165) is 0 Å². The molecular formula is C14H14N2O6S. The van der Waals surface area contributed by atoms with E-state index in [1.165, 1.54) is 24.3 Å². The Kier molecular flexibility index (Phi) is 3.71. The second-order valence-electron chi connectivity index (χ2n) is 5.40. The molecule has 0 aliphatic carbocycles. The number of nitrogens with one attached hydrogen (secondary N) is 1. The monoisotopic (exact) mass is 338 g/mol. The number of ether oxygens (including phenoxy) is 1. The van der Waals surface area contributed by atoms with Gasteiger partial charge in [-0.2, -0.15) is 0 Å². The molecule has 1 amide bonds. The maximum Gasteiger partial charge on any atom is 0.310 e. The van der Waals surface area contributed by atoms with Crippen molar-refractivity contribution in [1.82, 2.24) is 0 Å². The first kappa shape index (κ1) is 15.7. The highest BCUT2D eigenvalue weighted by Gasteiger charge is 2.53. The number of carbonyl (C=O) groups excluding carboxylic acids is 1. The van der Waals surface area contributed by atoms with Crippen LogP contribution < -0.4 is 10.5 Å². The lowest BCUT2D eigenvalue weighted by Crippen LogP contribution is -2.39. The van der Waals surface area contributed by atoms with E-state index in [4.69, 9.17) is 9.88 Å². The van der Waals surface area contributed by atoms with Crippen LogP contribution >= 0.6 is 0 Å². The maximum atomic E-state index is 12.4. The standard InChI is InChI=1S/C14H14N2O6S/c15-23(20,21)8-3-1-7(2-4-8)16-13(17)11-9-5-6-10(22-9)12(11)14(18)19/h1-6,9-12H,(H,16,17)(H,18,19)(H2,15,20,21)/t9-,10+,11+,12+/m1/s1. The predicted octanol–water partition coefficient (Wildman–Crippen LogP) is -0.0733. The number of aliphatic carboxylic acids is 1. The van der Waals surface area contributed by atoms with Crippen LogP contribution in [0, 0.1) is 11.8 Å². The fourth-order valence-electron chi connectivity index (χ4n) is 2.87. The molecule has 4 atom stereocenters. The summed E-state index contributed by atoms with van der Waals surface area (Å²) in [5.41, 5.74) is 0.346. The number of anilines is 1. The van der Waals surface area contributed by atoms with Crippen LogP contribution in [0.3, 0.4) is 0 Å². The molecule has 1 saturated heterocycles. The van der Waals surface area contributed by atoms with Crippen molar-refractivity contribution in [2.75, 3.05) is 5.32 Å². The number of nitrogens with two attached hydrogens (primary N) is 1. The SMILES string of the molecule is NS(=O)(=O)c1ccc(NC(=O)[C@@H]2[C@@H](C(=O)O)[C@@H]3C=C[C@H]2O3)cc1. The van der Waals surface area contributed by atoms with Crippen LogP contribution in [0.1, 0.15) is 0 Å². The van der Waals surface area contributed by atoms with Gasteiger partial charge in [-0.3, -0.25) is 9.59 Å². The Morgan fingerprint density at radius 2 is 1.65 bits per heavy atom. The summed E-state index contributed by atoms with van der Waals surface area (Å²) in [5.74, 6) is -3.35. The molecule has 2 heterocycles. The number of benzene rings is 1. The Morgan fingerprint density at radius 3 is 2.17 bits per heavy atom. The van der Waals surface area contributed by atoms with Gasteiger partial charge >= 0.3 is 5.97 Å². The number of hydrogen-bond donors (Lipinski definition) is 3. The largest absolute Gasteiger partial charge is 0.481 e. The second kappa shape index (κ2) is 5.44. The molecule has 2 aliphatic heterocycles. The summed E-state index contributed by atoms with van der Waals surface area (Å²) < 4.78 is 27.8. The molecule has 1 aromatic rings. The van der Waals surface area contributed by atoms with E-state index in [9.17, 15) is 23.1 Å². The van der Waals surface area contributed by atoms with E-state index in [1.54, 1.807) is 12.2 Å². The van der Waals surface area contributed by atoms with Crippen LogP contribution in [0.5, 0.6) is 0 Å². The highest BCUT2D eigenvalue weighted by Crippen LogP contribution is 2.39. The minimum Gasteiger partial charge on any atom is -0.481 e. The van der Waals surface area contributed by atoms with Crippen molar-refractivity contribution in [1.29, 1.82) is 0 Å². The van der Waals surface area contributed by atoms with Gasteiger partial charge in [-0.1, -0.05) is 12.2 Å². The van der Waals surface area contributed by atoms with Gasteiger partial charge in [0.2, 0.25) is 15.9 Å². The third-order valence-corrected chi connectivity index (χ3v) is 4.87. The van der Waals surface area contributed by atoms with Gasteiger partial charge in [0.05, 0.1) is 23.0 Å². The van der Waals surface area contributed by atoms with Crippen LogP contribution in [-0.2, 0) is 24.3 Å². The van der Waals surface area contributed by atoms with Crippen molar-refractivity contribution in [2.24, 2.45) is 17.0 Å². The highest BCUT2D eigenvalue weighted by molar-refractivity contribution is 7.89. The molecule has 1 aromatic carbocycles. The summed E-state index contributed by atoms with van der Waals surface area (Å²) in [6.45, 7) is 0. The second-order valence-corrected chi connectivity index (χ2v) is 6.96. The number of hydrogen-bond acceptors (Lipinski definition) is 5. The first-order valence-electron chi connectivity index (χ1n) is 6.78. The minimum absolute atomic E-state index is 0.0786. The van der Waals surface area contributed by atoms with Gasteiger partial charge in [0.1, 0.15) is 5.92 Å². The van der Waals surface area contributed by atoms with Gasteiger partial charge in [-0.05, 0) is 24.3 Å². The molecule has 4 N–H and O–H groups in total. The van der Waals surface area contributed by atoms with E-state index >= 15 is 0 Å². The van der Waals surface area contributed by atoms with Gasteiger partial charge in [-0.15, -0.1) is 0 Å². The average Bonchev–Trinajstić information content (AvgIpc) is 3.07. The van der Waals surface area contributed by atoms with Gasteiger partial charge in [0.15, 0.2) is 0 Å². The molecule has 3 rings (SSSR count). The summed E-state index contributed by atoms with van der Waals surface area (Å²) in [6, 6.07) is 5.29. The van der Waals surface area contributed by atoms with E-state index in [1.807, 2.05) is 0 Å². The number of rotatable bonds is 4. The Hall–Kier alpha value is -2.23. The molecule has 0 unspecified atom stereocenters. The number of carbonyl (C=O) groups is 2. The van der Waals surface area contributed by atoms with Gasteiger partial charge < -0.3 is 15.2 Å². The average molecular weight is 338 g/mol. The fraction of sp³-hybridized carbons (Fsp3) is 0.286. The van der Waals surface area contributed by atoms with E-state index < -0.39 is 45.9 Å². The zero-order valence-corrected chi connectivity index (χ0v) is 12.6. The molecule has 23 heavy (non-hydrogen) atoms. The number of primary sulfonamides is 1. The molecule has 122 valence electrons. The van der Waals surface area contributed by atoms with Crippen molar-refractivity contribution in [3.63, 3.8) is 0 Å². The van der Waals surface area contributed by atoms with Crippen molar-refractivity contribution in [3.05, 3.63) is 36.4 Å². The first-order valence-corrected chi connectivity index (χ1v) is 8.32. The molecule has 0 aromatic heterocycles. The number of fused-ring (bicyclic) bond motifs is 2. The summed E-state index contributed by atoms with van der Waals surface area (Å²) >= 11 is 0. The van der Waals surface area contributed by atoms with Crippen LogP contribution in [0.4, 0.5) is 5.69 Å². The van der Waals surface area contributed by atoms with Crippen LogP contribution in [0.25, 0.3) is 0 Å². The van der Waals surface area contributed by atoms with Gasteiger partial charge in [-0.25, -0.2) is 13.6 Å². The number of carboxylic acid groups (broad SMARTS) is 1. The third-order valence-electron chi connectivity index (χ3n) is 3.94. The zero-order valence-electron chi connectivity index (χ0n) is 11.7. The van der Waals surface area contributed by atoms with Crippen LogP contribution in [-0.4, -0.2) is 37.6 Å². The predicted molar refractivity (Wildman–Crippen MR) is 78.9 cm³/mol. The maximum absolute atomic E-state index is 12.4. The molecule has 1 fully saturated rings. The van der Waals surface area contributed by atoms with Gasteiger partial charge in [0, 0.05) is 5.69 Å². The summed E-state index contributed by atoms with van der Waals surface area (Å²) in [5, 5.41) is 16.8. The Morgan fingerprint density at radius 1 is 1.09 bits per heavy atom. The van der Waals surface area contributed by atoms with Crippen molar-refractivity contribution in [3.8, 4) is 0 Å². The third kappa shape index (κ3) is 2.85. The Labute approximate surface area is 132 Å².